The van der Waals surface area contributed by atoms with E-state index in [4.69, 9.17) is 0 Å². The summed E-state index contributed by atoms with van der Waals surface area (Å²) in [5.41, 5.74) is 12.2. The maximum Gasteiger partial charge on any atom is 3.00 e. The van der Waals surface area contributed by atoms with Crippen molar-refractivity contribution in [2.45, 2.75) is 52.9 Å². The first-order valence-electron chi connectivity index (χ1n) is 17.0. The van der Waals surface area contributed by atoms with Crippen LogP contribution in [0.2, 0.25) is 0 Å². The van der Waals surface area contributed by atoms with Crippen LogP contribution in [0.1, 0.15) is 72.4 Å². The fraction of sp³-hybridized carbons (Fsp3) is 0.318. The molecule has 47 heavy (non-hydrogen) atoms. The van der Waals surface area contributed by atoms with Gasteiger partial charge in [0.1, 0.15) is 0 Å². The predicted octanol–water partition coefficient (Wildman–Crippen LogP) is 2.89. The first-order valence-corrected chi connectivity index (χ1v) is 17.0. The van der Waals surface area contributed by atoms with Crippen LogP contribution in [0.15, 0.2) is 103 Å². The summed E-state index contributed by atoms with van der Waals surface area (Å²) in [6.45, 7) is 6.80. The standard InChI is InChI=1S/C44H41.2ClH.Zr/c1-26-8-12-31(13-9-26)43(32-14-10-27(2)11-15-32)39-17-16-38-37-7-5-4-6-33(37)24-41(38)44(39)40-25-34(18-28(40)3)42-35-20-29-19-30(22-35)23-36(42)21-29;;;/h4-18,25,28-30,35-36,42H,19-23H2,1-3H3;2*1H;/q-1;;;+3/p-2. The van der Waals surface area contributed by atoms with Gasteiger partial charge in [-0.1, -0.05) is 120 Å². The molecule has 0 aliphatic heterocycles. The van der Waals surface area contributed by atoms with E-state index in [9.17, 15) is 0 Å². The predicted molar refractivity (Wildman–Crippen MR) is 182 cm³/mol. The maximum atomic E-state index is 3.93. The third kappa shape index (κ3) is 5.84. The molecule has 4 aromatic rings. The van der Waals surface area contributed by atoms with Crippen LogP contribution in [0.3, 0.4) is 0 Å². The SMILES string of the molecule is Cc1ccc(C(c2ccc(C)cc2)=c2ccc3c(c2C2=CC(C4C5CC6CC(C5)CC4C6)=CC2C)[C-]=c2ccccc2=3)cc1.[Cl-].[Cl-].[Zr+3]. The molecule has 0 saturated heterocycles. The van der Waals surface area contributed by atoms with Gasteiger partial charge in [0.15, 0.2) is 0 Å². The second kappa shape index (κ2) is 13.5. The number of rotatable bonds is 4. The minimum atomic E-state index is 0. The zero-order chi connectivity index (χ0) is 29.5. The number of benzene rings is 4. The van der Waals surface area contributed by atoms with Gasteiger partial charge in [-0.2, -0.15) is 0 Å². The van der Waals surface area contributed by atoms with Crippen LogP contribution < -0.4 is 35.3 Å². The molecule has 4 aromatic carbocycles. The Hall–Kier alpha value is -2.44. The van der Waals surface area contributed by atoms with E-state index >= 15 is 0 Å². The molecule has 0 nitrogen and oxygen atoms in total. The summed E-state index contributed by atoms with van der Waals surface area (Å²) in [7, 11) is 0. The first-order chi connectivity index (χ1) is 21.5. The van der Waals surface area contributed by atoms with Gasteiger partial charge in [0.25, 0.3) is 0 Å². The van der Waals surface area contributed by atoms with Crippen molar-refractivity contribution in [3.8, 4) is 0 Å². The molecular formula is C44H41Cl2Zr. The van der Waals surface area contributed by atoms with Crippen molar-refractivity contribution in [2.24, 2.45) is 35.5 Å². The Balaban J connectivity index is 0.00000129. The van der Waals surface area contributed by atoms with Crippen LogP contribution in [0, 0.1) is 59.8 Å². The molecule has 6 aliphatic carbocycles. The molecule has 4 saturated carbocycles. The zero-order valence-electron chi connectivity index (χ0n) is 27.5. The van der Waals surface area contributed by atoms with E-state index in [2.05, 4.69) is 124 Å². The first kappa shape index (κ1) is 34.4. The second-order valence-corrected chi connectivity index (χ2v) is 14.7. The van der Waals surface area contributed by atoms with E-state index in [1.54, 1.807) is 5.57 Å². The Labute approximate surface area is 311 Å². The second-order valence-electron chi connectivity index (χ2n) is 14.7. The van der Waals surface area contributed by atoms with Gasteiger partial charge >= 0.3 is 26.2 Å². The fourth-order valence-electron chi connectivity index (χ4n) is 10.1. The van der Waals surface area contributed by atoms with Crippen molar-refractivity contribution in [1.82, 2.24) is 0 Å². The third-order valence-electron chi connectivity index (χ3n) is 11.8. The van der Waals surface area contributed by atoms with Crippen LogP contribution >= 0.6 is 0 Å². The van der Waals surface area contributed by atoms with E-state index < -0.39 is 0 Å². The molecular weight excluding hydrogens is 691 g/mol. The van der Waals surface area contributed by atoms with Crippen molar-refractivity contribution in [2.75, 3.05) is 0 Å². The molecule has 6 aliphatic rings. The maximum absolute atomic E-state index is 3.93. The molecule has 3 heteroatoms. The molecule has 1 unspecified atom stereocenters. The van der Waals surface area contributed by atoms with E-state index in [0.717, 1.165) is 29.6 Å². The largest absolute Gasteiger partial charge is 3.00 e. The molecule has 10 rings (SSSR count). The Morgan fingerprint density at radius 3 is 1.83 bits per heavy atom. The normalized spacial score (nSPS) is 25.7. The molecule has 0 N–H and O–H groups in total. The molecule has 0 aromatic heterocycles. The Bertz CT molecular complexity index is 2030. The number of hydrogen-bond donors (Lipinski definition) is 0. The van der Waals surface area contributed by atoms with Crippen LogP contribution in [0.25, 0.3) is 17.2 Å². The molecule has 4 bridgehead atoms. The summed E-state index contributed by atoms with van der Waals surface area (Å²) in [5.74, 6) is 4.94. The zero-order valence-corrected chi connectivity index (χ0v) is 31.5. The van der Waals surface area contributed by atoms with Crippen LogP contribution in [0.5, 0.6) is 0 Å². The molecule has 1 radical (unpaired) electrons. The van der Waals surface area contributed by atoms with Crippen LogP contribution in [-0.2, 0) is 26.2 Å². The smallest absolute Gasteiger partial charge is 1.00 e. The Morgan fingerprint density at radius 1 is 0.660 bits per heavy atom. The van der Waals surface area contributed by atoms with E-state index in [1.807, 2.05) is 0 Å². The van der Waals surface area contributed by atoms with E-state index in [1.165, 1.54) is 97.5 Å². The summed E-state index contributed by atoms with van der Waals surface area (Å²) < 4.78 is 0. The van der Waals surface area contributed by atoms with E-state index in [0.29, 0.717) is 5.92 Å². The average molecular weight is 732 g/mol. The Morgan fingerprint density at radius 2 is 1.23 bits per heavy atom. The van der Waals surface area contributed by atoms with Gasteiger partial charge in [-0.15, -0.1) is 33.4 Å². The quantitative estimate of drug-likeness (QED) is 0.250. The summed E-state index contributed by atoms with van der Waals surface area (Å²) >= 11 is 0. The number of fused-ring (bicyclic) bond motifs is 2. The summed E-state index contributed by atoms with van der Waals surface area (Å²) in [6.07, 6.45) is 16.6. The monoisotopic (exact) mass is 729 g/mol. The van der Waals surface area contributed by atoms with Gasteiger partial charge in [-0.3, -0.25) is 0 Å². The van der Waals surface area contributed by atoms with Gasteiger partial charge in [0.2, 0.25) is 0 Å². The molecule has 4 fully saturated rings. The van der Waals surface area contributed by atoms with Gasteiger partial charge in [-0.25, -0.2) is 0 Å². The summed E-state index contributed by atoms with van der Waals surface area (Å²) in [5, 5.41) is 5.17. The average Bonchev–Trinajstić information content (AvgIpc) is 3.58. The summed E-state index contributed by atoms with van der Waals surface area (Å²) in [4.78, 5) is 0. The number of halogens is 2. The minimum absolute atomic E-state index is 0. The van der Waals surface area contributed by atoms with Crippen molar-refractivity contribution in [3.63, 3.8) is 0 Å². The van der Waals surface area contributed by atoms with Gasteiger partial charge in [0, 0.05) is 0 Å². The van der Waals surface area contributed by atoms with Gasteiger partial charge < -0.3 is 24.8 Å². The van der Waals surface area contributed by atoms with Crippen molar-refractivity contribution >= 4 is 17.2 Å². The van der Waals surface area contributed by atoms with Crippen molar-refractivity contribution < 1.29 is 51.0 Å². The number of aryl methyl sites for hydroxylation is 2. The minimum Gasteiger partial charge on any atom is -1.00 e. The third-order valence-corrected chi connectivity index (χ3v) is 11.8. The molecule has 0 spiro atoms. The number of allylic oxidation sites excluding steroid dienone is 4. The summed E-state index contributed by atoms with van der Waals surface area (Å²) in [6, 6.07) is 31.9. The topological polar surface area (TPSA) is 0 Å². The molecule has 1 atom stereocenters. The van der Waals surface area contributed by atoms with Crippen molar-refractivity contribution in [3.05, 3.63) is 157 Å². The van der Waals surface area contributed by atoms with Gasteiger partial charge in [-0.05, 0) is 109 Å². The molecule has 235 valence electrons. The van der Waals surface area contributed by atoms with Crippen molar-refractivity contribution in [1.29, 1.82) is 0 Å². The van der Waals surface area contributed by atoms with Crippen LogP contribution in [-0.4, -0.2) is 0 Å². The van der Waals surface area contributed by atoms with E-state index in [-0.39, 0.29) is 51.0 Å². The van der Waals surface area contributed by atoms with Crippen LogP contribution in [0.4, 0.5) is 0 Å². The number of hydrogen-bond acceptors (Lipinski definition) is 0. The van der Waals surface area contributed by atoms with Gasteiger partial charge in [0.05, 0.1) is 0 Å². The Kier molecular flexibility index (Phi) is 9.86. The molecule has 0 amide bonds. The molecule has 0 heterocycles. The fourth-order valence-corrected chi connectivity index (χ4v) is 10.1.